The molecule has 2 aliphatic carbocycles. The first-order valence-corrected chi connectivity index (χ1v) is 8.68. The lowest BCUT2D eigenvalue weighted by molar-refractivity contribution is -0.119. The van der Waals surface area contributed by atoms with Gasteiger partial charge in [0.15, 0.2) is 23.1 Å². The first kappa shape index (κ1) is 17.9. The van der Waals surface area contributed by atoms with Gasteiger partial charge >= 0.3 is 0 Å². The molecule has 0 spiro atoms. The minimum atomic E-state index is -1.29. The van der Waals surface area contributed by atoms with Crippen molar-refractivity contribution in [3.8, 4) is 11.1 Å². The van der Waals surface area contributed by atoms with Gasteiger partial charge in [-0.15, -0.1) is 0 Å². The number of hydrogen-bond acceptors (Lipinski definition) is 6. The van der Waals surface area contributed by atoms with Crippen LogP contribution in [-0.2, 0) is 9.59 Å². The molecule has 4 rings (SSSR count). The molecule has 0 saturated carbocycles. The summed E-state index contributed by atoms with van der Waals surface area (Å²) >= 11 is 0. The Bertz CT molecular complexity index is 1060. The SMILES string of the molecule is CC(=O)C1C(=O)c2ccc(-c3ccc4c(c3)C(=O)C(C(C)=O)C4=O)cc2C1=O. The van der Waals surface area contributed by atoms with Gasteiger partial charge in [0.05, 0.1) is 0 Å². The Morgan fingerprint density at radius 1 is 0.571 bits per heavy atom. The average Bonchev–Trinajstić information content (AvgIpc) is 3.05. The molecule has 138 valence electrons. The van der Waals surface area contributed by atoms with Crippen LogP contribution in [0.4, 0.5) is 0 Å². The molecule has 28 heavy (non-hydrogen) atoms. The van der Waals surface area contributed by atoms with Crippen molar-refractivity contribution in [3.63, 3.8) is 0 Å². The normalized spacial score (nSPS) is 20.4. The molecule has 6 nitrogen and oxygen atoms in total. The number of carbonyl (C=O) groups is 6. The van der Waals surface area contributed by atoms with Crippen LogP contribution in [0.1, 0.15) is 55.3 Å². The van der Waals surface area contributed by atoms with Crippen LogP contribution in [0.3, 0.4) is 0 Å². The highest BCUT2D eigenvalue weighted by Gasteiger charge is 2.43. The molecule has 0 heterocycles. The maximum atomic E-state index is 12.5. The van der Waals surface area contributed by atoms with E-state index in [4.69, 9.17) is 0 Å². The first-order valence-electron chi connectivity index (χ1n) is 8.68. The van der Waals surface area contributed by atoms with E-state index in [1.807, 2.05) is 0 Å². The maximum Gasteiger partial charge on any atom is 0.181 e. The van der Waals surface area contributed by atoms with E-state index in [-0.39, 0.29) is 22.3 Å². The van der Waals surface area contributed by atoms with Crippen LogP contribution in [0, 0.1) is 11.8 Å². The fourth-order valence-electron chi connectivity index (χ4n) is 3.88. The predicted molar refractivity (Wildman–Crippen MR) is 97.5 cm³/mol. The second kappa shape index (κ2) is 5.99. The van der Waals surface area contributed by atoms with Crippen LogP contribution in [-0.4, -0.2) is 34.7 Å². The summed E-state index contributed by atoms with van der Waals surface area (Å²) in [6, 6.07) is 9.27. The van der Waals surface area contributed by atoms with Gasteiger partial charge in [0.1, 0.15) is 23.4 Å². The van der Waals surface area contributed by atoms with E-state index in [0.29, 0.717) is 11.1 Å². The molecule has 6 heteroatoms. The molecule has 2 aromatic rings. The Morgan fingerprint density at radius 2 is 0.893 bits per heavy atom. The van der Waals surface area contributed by atoms with Gasteiger partial charge in [-0.25, -0.2) is 0 Å². The van der Waals surface area contributed by atoms with E-state index in [1.54, 1.807) is 12.1 Å². The minimum Gasteiger partial charge on any atom is -0.299 e. The van der Waals surface area contributed by atoms with Crippen LogP contribution in [0.5, 0.6) is 0 Å². The van der Waals surface area contributed by atoms with Crippen molar-refractivity contribution in [2.75, 3.05) is 0 Å². The highest BCUT2D eigenvalue weighted by molar-refractivity contribution is 6.36. The number of ketones is 6. The summed E-state index contributed by atoms with van der Waals surface area (Å²) < 4.78 is 0. The predicted octanol–water partition coefficient (Wildman–Crippen LogP) is 2.52. The molecular weight excluding hydrogens is 360 g/mol. The van der Waals surface area contributed by atoms with Crippen LogP contribution < -0.4 is 0 Å². The van der Waals surface area contributed by atoms with Crippen LogP contribution in [0.15, 0.2) is 36.4 Å². The number of rotatable bonds is 3. The second-order valence-corrected chi connectivity index (χ2v) is 7.07. The van der Waals surface area contributed by atoms with Gasteiger partial charge in [-0.1, -0.05) is 24.3 Å². The van der Waals surface area contributed by atoms with Gasteiger partial charge in [-0.3, -0.25) is 28.8 Å². The molecule has 0 aliphatic heterocycles. The molecule has 0 aromatic heterocycles. The summed E-state index contributed by atoms with van der Waals surface area (Å²) in [6.45, 7) is 2.42. The summed E-state index contributed by atoms with van der Waals surface area (Å²) in [5.41, 5.74) is 1.90. The molecule has 2 aromatic carbocycles. The second-order valence-electron chi connectivity index (χ2n) is 7.07. The summed E-state index contributed by atoms with van der Waals surface area (Å²) in [6.07, 6.45) is 0. The van der Waals surface area contributed by atoms with Crippen molar-refractivity contribution in [1.82, 2.24) is 0 Å². The van der Waals surface area contributed by atoms with Crippen molar-refractivity contribution < 1.29 is 28.8 Å². The zero-order chi connectivity index (χ0) is 20.3. The van der Waals surface area contributed by atoms with Gasteiger partial charge in [0.2, 0.25) is 0 Å². The fourth-order valence-corrected chi connectivity index (χ4v) is 3.88. The topological polar surface area (TPSA) is 102 Å². The Morgan fingerprint density at radius 3 is 1.21 bits per heavy atom. The lowest BCUT2D eigenvalue weighted by Crippen LogP contribution is -2.22. The number of benzene rings is 2. The molecular formula is C22H14O6. The molecule has 0 radical (unpaired) electrons. The zero-order valence-electron chi connectivity index (χ0n) is 15.1. The van der Waals surface area contributed by atoms with Gasteiger partial charge in [-0.05, 0) is 37.1 Å². The van der Waals surface area contributed by atoms with Crippen molar-refractivity contribution in [2.24, 2.45) is 11.8 Å². The van der Waals surface area contributed by atoms with Crippen molar-refractivity contribution in [1.29, 1.82) is 0 Å². The largest absolute Gasteiger partial charge is 0.299 e. The average molecular weight is 374 g/mol. The highest BCUT2D eigenvalue weighted by Crippen LogP contribution is 2.34. The van der Waals surface area contributed by atoms with E-state index in [2.05, 4.69) is 0 Å². The number of Topliss-reactive ketones (excluding diaryl/α,β-unsaturated/α-hetero) is 6. The van der Waals surface area contributed by atoms with Crippen molar-refractivity contribution in [3.05, 3.63) is 58.7 Å². The van der Waals surface area contributed by atoms with Gasteiger partial charge < -0.3 is 0 Å². The lowest BCUT2D eigenvalue weighted by atomic mass is 9.97. The van der Waals surface area contributed by atoms with E-state index in [9.17, 15) is 28.8 Å². The van der Waals surface area contributed by atoms with E-state index >= 15 is 0 Å². The Hall–Kier alpha value is -3.54. The Kier molecular flexibility index (Phi) is 3.82. The summed E-state index contributed by atoms with van der Waals surface area (Å²) in [7, 11) is 0. The molecule has 2 unspecified atom stereocenters. The van der Waals surface area contributed by atoms with Crippen LogP contribution in [0.2, 0.25) is 0 Å². The van der Waals surface area contributed by atoms with Crippen molar-refractivity contribution in [2.45, 2.75) is 13.8 Å². The van der Waals surface area contributed by atoms with Gasteiger partial charge in [0, 0.05) is 22.3 Å². The van der Waals surface area contributed by atoms with Gasteiger partial charge in [-0.2, -0.15) is 0 Å². The lowest BCUT2D eigenvalue weighted by Gasteiger charge is -2.06. The molecule has 2 atom stereocenters. The zero-order valence-corrected chi connectivity index (χ0v) is 15.1. The van der Waals surface area contributed by atoms with E-state index < -0.39 is 46.5 Å². The van der Waals surface area contributed by atoms with E-state index in [0.717, 1.165) is 0 Å². The smallest absolute Gasteiger partial charge is 0.181 e. The molecule has 0 amide bonds. The molecule has 0 fully saturated rings. The molecule has 0 saturated heterocycles. The number of fused-ring (bicyclic) bond motifs is 2. The molecule has 0 bridgehead atoms. The third-order valence-corrected chi connectivity index (χ3v) is 5.30. The monoisotopic (exact) mass is 374 g/mol. The summed E-state index contributed by atoms with van der Waals surface area (Å²) in [5.74, 6) is -5.64. The Balaban J connectivity index is 1.78. The van der Waals surface area contributed by atoms with Gasteiger partial charge in [0.25, 0.3) is 0 Å². The minimum absolute atomic E-state index is 0.173. The molecule has 0 N–H and O–H groups in total. The third kappa shape index (κ3) is 2.34. The standard InChI is InChI=1S/C22H14O6/c1-9(23)17-19(25)13-5-3-11(7-15(13)21(17)27)12-4-6-14-16(8-12)22(28)18(10(2)24)20(14)26/h3-8,17-18H,1-2H3. The van der Waals surface area contributed by atoms with Crippen LogP contribution in [0.25, 0.3) is 11.1 Å². The van der Waals surface area contributed by atoms with E-state index in [1.165, 1.54) is 38.1 Å². The Labute approximate surface area is 159 Å². The maximum absolute atomic E-state index is 12.5. The number of carbonyl (C=O) groups excluding carboxylic acids is 6. The first-order chi connectivity index (χ1) is 13.2. The van der Waals surface area contributed by atoms with Crippen LogP contribution >= 0.6 is 0 Å². The van der Waals surface area contributed by atoms with Crippen molar-refractivity contribution >= 4 is 34.7 Å². The fraction of sp³-hybridized carbons (Fsp3) is 0.182. The highest BCUT2D eigenvalue weighted by atomic mass is 16.2. The summed E-state index contributed by atoms with van der Waals surface area (Å²) in [4.78, 5) is 72.7. The number of hydrogen-bond donors (Lipinski definition) is 0. The quantitative estimate of drug-likeness (QED) is 0.765. The third-order valence-electron chi connectivity index (χ3n) is 5.30. The molecule has 2 aliphatic rings. The summed E-state index contributed by atoms with van der Waals surface area (Å²) in [5, 5.41) is 0.